The number of nitrogens with one attached hydrogen (secondary N) is 3. The number of amides is 1. The third-order valence-electron chi connectivity index (χ3n) is 5.03. The number of aromatic carboxylic acids is 1. The number of rotatable bonds is 4. The van der Waals surface area contributed by atoms with Crippen molar-refractivity contribution in [3.63, 3.8) is 0 Å². The number of pyridine rings is 2. The van der Waals surface area contributed by atoms with E-state index in [0.717, 1.165) is 32.9 Å². The molecule has 0 fully saturated rings. The first-order valence-electron chi connectivity index (χ1n) is 9.57. The molecule has 8 heteroatoms. The number of carbonyl (C=O) groups excluding carboxylic acids is 1. The van der Waals surface area contributed by atoms with Crippen molar-refractivity contribution in [1.82, 2.24) is 15.0 Å². The number of carboxylic acid groups (broad SMARTS) is 1. The zero-order valence-electron chi connectivity index (χ0n) is 16.4. The van der Waals surface area contributed by atoms with Gasteiger partial charge in [-0.05, 0) is 36.4 Å². The predicted molar refractivity (Wildman–Crippen MR) is 120 cm³/mol. The summed E-state index contributed by atoms with van der Waals surface area (Å²) in [5, 5.41) is 18.1. The number of H-pyrrole nitrogens is 1. The fourth-order valence-corrected chi connectivity index (χ4v) is 3.74. The minimum atomic E-state index is -1.01. The Kier molecular flexibility index (Phi) is 4.25. The molecule has 1 amide bonds. The summed E-state index contributed by atoms with van der Waals surface area (Å²) >= 11 is 0. The Morgan fingerprint density at radius 3 is 2.68 bits per heavy atom. The van der Waals surface area contributed by atoms with Crippen molar-refractivity contribution in [3.05, 3.63) is 66.5 Å². The summed E-state index contributed by atoms with van der Waals surface area (Å²) in [5.74, 6) is -0.629. The van der Waals surface area contributed by atoms with Crippen LogP contribution in [0.3, 0.4) is 0 Å². The van der Waals surface area contributed by atoms with Gasteiger partial charge in [-0.2, -0.15) is 0 Å². The van der Waals surface area contributed by atoms with Crippen LogP contribution >= 0.6 is 0 Å². The minimum absolute atomic E-state index is 0.160. The third-order valence-corrected chi connectivity index (χ3v) is 5.03. The van der Waals surface area contributed by atoms with Crippen molar-refractivity contribution in [1.29, 1.82) is 0 Å². The monoisotopic (exact) mass is 411 g/mol. The molecule has 5 rings (SSSR count). The molecule has 0 saturated heterocycles. The van der Waals surface area contributed by atoms with E-state index in [1.54, 1.807) is 42.7 Å². The molecule has 3 aromatic heterocycles. The van der Waals surface area contributed by atoms with Gasteiger partial charge in [0, 0.05) is 52.4 Å². The predicted octanol–water partition coefficient (Wildman–Crippen LogP) is 4.66. The Morgan fingerprint density at radius 2 is 1.87 bits per heavy atom. The highest BCUT2D eigenvalue weighted by Gasteiger charge is 2.16. The fourth-order valence-electron chi connectivity index (χ4n) is 3.74. The molecule has 5 aromatic rings. The maximum atomic E-state index is 11.5. The van der Waals surface area contributed by atoms with Gasteiger partial charge in [-0.25, -0.2) is 9.78 Å². The van der Waals surface area contributed by atoms with Crippen LogP contribution in [-0.4, -0.2) is 31.9 Å². The summed E-state index contributed by atoms with van der Waals surface area (Å²) in [5.41, 5.74) is 3.78. The van der Waals surface area contributed by atoms with Crippen LogP contribution in [0.25, 0.3) is 32.7 Å². The molecule has 8 nitrogen and oxygen atoms in total. The lowest BCUT2D eigenvalue weighted by molar-refractivity contribution is -0.114. The molecule has 0 aliphatic carbocycles. The number of hydrogen-bond donors (Lipinski definition) is 4. The maximum absolute atomic E-state index is 11.5. The van der Waals surface area contributed by atoms with Crippen molar-refractivity contribution in [2.45, 2.75) is 6.92 Å². The zero-order chi connectivity index (χ0) is 21.5. The van der Waals surface area contributed by atoms with Gasteiger partial charge in [0.2, 0.25) is 5.91 Å². The molecule has 31 heavy (non-hydrogen) atoms. The zero-order valence-corrected chi connectivity index (χ0v) is 16.4. The average molecular weight is 411 g/mol. The fraction of sp³-hybridized carbons (Fsp3) is 0.0435. The summed E-state index contributed by atoms with van der Waals surface area (Å²) in [6.07, 6.45) is 3.49. The van der Waals surface area contributed by atoms with Gasteiger partial charge in [-0.15, -0.1) is 0 Å². The van der Waals surface area contributed by atoms with Gasteiger partial charge in [0.25, 0.3) is 0 Å². The Morgan fingerprint density at radius 1 is 1.03 bits per heavy atom. The molecular formula is C23H17N5O3. The van der Waals surface area contributed by atoms with Crippen LogP contribution < -0.4 is 10.6 Å². The van der Waals surface area contributed by atoms with Crippen molar-refractivity contribution >= 4 is 61.8 Å². The molecular weight excluding hydrogens is 394 g/mol. The van der Waals surface area contributed by atoms with Gasteiger partial charge in [0.05, 0.1) is 16.6 Å². The van der Waals surface area contributed by atoms with Gasteiger partial charge in [-0.3, -0.25) is 9.78 Å². The molecule has 0 spiro atoms. The number of hydrogen-bond acceptors (Lipinski definition) is 5. The molecule has 4 N–H and O–H groups in total. The summed E-state index contributed by atoms with van der Waals surface area (Å²) in [6, 6.07) is 14.1. The Bertz CT molecular complexity index is 1510. The highest BCUT2D eigenvalue weighted by atomic mass is 16.4. The molecule has 0 radical (unpaired) electrons. The summed E-state index contributed by atoms with van der Waals surface area (Å²) in [7, 11) is 0. The summed E-state index contributed by atoms with van der Waals surface area (Å²) in [4.78, 5) is 35.2. The Hall–Kier alpha value is -4.46. The first-order chi connectivity index (χ1) is 15.0. The molecule has 0 unspecified atom stereocenters. The normalized spacial score (nSPS) is 11.1. The van der Waals surface area contributed by atoms with E-state index < -0.39 is 5.97 Å². The quantitative estimate of drug-likeness (QED) is 0.341. The first-order valence-corrected chi connectivity index (χ1v) is 9.57. The van der Waals surface area contributed by atoms with E-state index in [1.807, 2.05) is 18.2 Å². The summed E-state index contributed by atoms with van der Waals surface area (Å²) in [6.45, 7) is 1.45. The van der Waals surface area contributed by atoms with E-state index >= 15 is 0 Å². The molecule has 0 aliphatic heterocycles. The van der Waals surface area contributed by atoms with Crippen LogP contribution in [0.4, 0.5) is 17.2 Å². The van der Waals surface area contributed by atoms with Gasteiger partial charge in [0.1, 0.15) is 0 Å². The van der Waals surface area contributed by atoms with Crippen molar-refractivity contribution < 1.29 is 14.7 Å². The Balaban J connectivity index is 1.74. The lowest BCUT2D eigenvalue weighted by Gasteiger charge is -2.11. The molecule has 152 valence electrons. The SMILES string of the molecule is CC(=O)Nc1cccc(Nc2nc3cc(C(=O)O)ccc3c3c2[nH]c2ccncc23)c1. The number of nitrogens with zero attached hydrogens (tertiary/aromatic N) is 2. The topological polar surface area (TPSA) is 120 Å². The van der Waals surface area contributed by atoms with Crippen LogP contribution in [0.15, 0.2) is 60.9 Å². The largest absolute Gasteiger partial charge is 0.478 e. The number of aromatic nitrogens is 3. The van der Waals surface area contributed by atoms with Crippen molar-refractivity contribution in [2.24, 2.45) is 0 Å². The molecule has 3 heterocycles. The second kappa shape index (κ2) is 7.10. The van der Waals surface area contributed by atoms with E-state index in [1.165, 1.54) is 6.92 Å². The first kappa shape index (κ1) is 18.6. The van der Waals surface area contributed by atoms with E-state index in [0.29, 0.717) is 17.0 Å². The van der Waals surface area contributed by atoms with Crippen LogP contribution in [0.1, 0.15) is 17.3 Å². The molecule has 2 aromatic carbocycles. The number of fused-ring (bicyclic) bond motifs is 5. The lowest BCUT2D eigenvalue weighted by atomic mass is 10.1. The van der Waals surface area contributed by atoms with Crippen molar-refractivity contribution in [3.8, 4) is 0 Å². The lowest BCUT2D eigenvalue weighted by Crippen LogP contribution is -2.06. The number of aromatic amines is 1. The molecule has 0 bridgehead atoms. The van der Waals surface area contributed by atoms with Gasteiger partial charge < -0.3 is 20.7 Å². The number of carboxylic acids is 1. The van der Waals surface area contributed by atoms with Crippen LogP contribution in [0, 0.1) is 0 Å². The molecule has 0 atom stereocenters. The minimum Gasteiger partial charge on any atom is -0.478 e. The number of benzene rings is 2. The highest BCUT2D eigenvalue weighted by molar-refractivity contribution is 6.22. The standard InChI is InChI=1S/C23H17N5O3/c1-12(29)25-14-3-2-4-15(10-14)26-22-21-20(17-11-24-8-7-18(17)27-21)16-6-5-13(23(30)31)9-19(16)28-22/h2-11,27H,1H3,(H,25,29)(H,26,28)(H,30,31). The van der Waals surface area contributed by atoms with Crippen LogP contribution in [0.5, 0.6) is 0 Å². The van der Waals surface area contributed by atoms with E-state index in [2.05, 4.69) is 20.6 Å². The van der Waals surface area contributed by atoms with Gasteiger partial charge >= 0.3 is 5.97 Å². The Labute approximate surface area is 175 Å². The van der Waals surface area contributed by atoms with E-state index in [-0.39, 0.29) is 11.5 Å². The third kappa shape index (κ3) is 3.29. The van der Waals surface area contributed by atoms with Gasteiger partial charge in [-0.1, -0.05) is 12.1 Å². The second-order valence-electron chi connectivity index (χ2n) is 7.18. The highest BCUT2D eigenvalue weighted by Crippen LogP contribution is 2.36. The summed E-state index contributed by atoms with van der Waals surface area (Å²) < 4.78 is 0. The van der Waals surface area contributed by atoms with E-state index in [9.17, 15) is 14.7 Å². The maximum Gasteiger partial charge on any atom is 0.335 e. The average Bonchev–Trinajstić information content (AvgIpc) is 3.13. The second-order valence-corrected chi connectivity index (χ2v) is 7.18. The molecule has 0 aliphatic rings. The number of anilines is 3. The smallest absolute Gasteiger partial charge is 0.335 e. The van der Waals surface area contributed by atoms with Crippen molar-refractivity contribution in [2.75, 3.05) is 10.6 Å². The van der Waals surface area contributed by atoms with Crippen LogP contribution in [-0.2, 0) is 4.79 Å². The van der Waals surface area contributed by atoms with E-state index in [4.69, 9.17) is 4.98 Å². The molecule has 0 saturated carbocycles. The number of carbonyl (C=O) groups is 2. The van der Waals surface area contributed by atoms with Gasteiger partial charge in [0.15, 0.2) is 5.82 Å². The van der Waals surface area contributed by atoms with Crippen LogP contribution in [0.2, 0.25) is 0 Å².